The molecule has 0 radical (unpaired) electrons. The van der Waals surface area contributed by atoms with E-state index in [0.29, 0.717) is 0 Å². The predicted molar refractivity (Wildman–Crippen MR) is 232 cm³/mol. The molecule has 2 aromatic heterocycles. The molecule has 266 valence electrons. The molecule has 1 aliphatic carbocycles. The first-order chi connectivity index (χ1) is 27.5. The molecule has 0 unspecified atom stereocenters. The summed E-state index contributed by atoms with van der Waals surface area (Å²) in [6, 6.07) is 67.2. The van der Waals surface area contributed by atoms with E-state index in [-0.39, 0.29) is 5.41 Å². The first-order valence-corrected chi connectivity index (χ1v) is 19.2. The van der Waals surface area contributed by atoms with Gasteiger partial charge >= 0.3 is 0 Å². The average Bonchev–Trinajstić information content (AvgIpc) is 3.90. The SMILES string of the molecule is CC1(C)c2cc(-c3ccc(N(c4ccc(-c5ccccc5)cc4)c4ccc(-c5ccc6oc7ccccc7c6c5)cc4)cc3)ccc2-c2oc3ccccc3c21. The van der Waals surface area contributed by atoms with Gasteiger partial charge in [0.05, 0.1) is 0 Å². The van der Waals surface area contributed by atoms with E-state index in [2.05, 4.69) is 189 Å². The van der Waals surface area contributed by atoms with Crippen molar-refractivity contribution in [1.29, 1.82) is 0 Å². The molecule has 3 nitrogen and oxygen atoms in total. The van der Waals surface area contributed by atoms with Gasteiger partial charge in [0.15, 0.2) is 0 Å². The van der Waals surface area contributed by atoms with Crippen molar-refractivity contribution < 1.29 is 8.83 Å². The van der Waals surface area contributed by atoms with E-state index in [4.69, 9.17) is 8.83 Å². The minimum Gasteiger partial charge on any atom is -0.456 e. The van der Waals surface area contributed by atoms with Crippen LogP contribution in [0, 0.1) is 0 Å². The lowest BCUT2D eigenvalue weighted by Crippen LogP contribution is -2.15. The van der Waals surface area contributed by atoms with Crippen LogP contribution in [0.4, 0.5) is 17.1 Å². The van der Waals surface area contributed by atoms with Gasteiger partial charge < -0.3 is 13.7 Å². The molecule has 0 fully saturated rings. The van der Waals surface area contributed by atoms with Gasteiger partial charge in [0, 0.05) is 49.8 Å². The van der Waals surface area contributed by atoms with Crippen LogP contribution in [0.3, 0.4) is 0 Å². The number of benzene rings is 8. The third-order valence-corrected chi connectivity index (χ3v) is 11.7. The Morgan fingerprint density at radius 1 is 0.375 bits per heavy atom. The van der Waals surface area contributed by atoms with Crippen molar-refractivity contribution in [3.05, 3.63) is 199 Å². The van der Waals surface area contributed by atoms with Crippen LogP contribution in [0.5, 0.6) is 0 Å². The third kappa shape index (κ3) is 5.12. The van der Waals surface area contributed by atoms with Crippen molar-refractivity contribution in [2.24, 2.45) is 0 Å². The van der Waals surface area contributed by atoms with Crippen LogP contribution >= 0.6 is 0 Å². The number of hydrogen-bond acceptors (Lipinski definition) is 3. The van der Waals surface area contributed by atoms with Crippen molar-refractivity contribution >= 4 is 50.0 Å². The number of hydrogen-bond donors (Lipinski definition) is 0. The smallest absolute Gasteiger partial charge is 0.139 e. The summed E-state index contributed by atoms with van der Waals surface area (Å²) in [5.74, 6) is 1.00. The number of nitrogens with zero attached hydrogens (tertiary/aromatic N) is 1. The Kier molecular flexibility index (Phi) is 7.20. The average molecular weight is 720 g/mol. The van der Waals surface area contributed by atoms with Crippen LogP contribution in [0.25, 0.3) is 77.6 Å². The zero-order valence-corrected chi connectivity index (χ0v) is 31.2. The molecule has 0 saturated carbocycles. The molecule has 0 atom stereocenters. The summed E-state index contributed by atoms with van der Waals surface area (Å²) in [5.41, 5.74) is 16.7. The number of anilines is 3. The van der Waals surface area contributed by atoms with Crippen LogP contribution in [-0.4, -0.2) is 0 Å². The van der Waals surface area contributed by atoms with Crippen molar-refractivity contribution in [1.82, 2.24) is 0 Å². The Morgan fingerprint density at radius 3 is 1.48 bits per heavy atom. The molecule has 2 heterocycles. The van der Waals surface area contributed by atoms with Crippen molar-refractivity contribution in [2.75, 3.05) is 4.90 Å². The van der Waals surface area contributed by atoms with Crippen molar-refractivity contribution in [2.45, 2.75) is 19.3 Å². The van der Waals surface area contributed by atoms with Gasteiger partial charge in [-0.25, -0.2) is 0 Å². The summed E-state index contributed by atoms with van der Waals surface area (Å²) in [7, 11) is 0. The summed E-state index contributed by atoms with van der Waals surface area (Å²) >= 11 is 0. The molecule has 0 bridgehead atoms. The third-order valence-electron chi connectivity index (χ3n) is 11.7. The molecule has 0 amide bonds. The molecular formula is C53H37NO2. The molecule has 8 aromatic carbocycles. The normalized spacial score (nSPS) is 13.0. The van der Waals surface area contributed by atoms with Crippen LogP contribution in [-0.2, 0) is 5.41 Å². The molecule has 0 saturated heterocycles. The van der Waals surface area contributed by atoms with Gasteiger partial charge in [-0.15, -0.1) is 0 Å². The van der Waals surface area contributed by atoms with Gasteiger partial charge in [0.2, 0.25) is 0 Å². The summed E-state index contributed by atoms with van der Waals surface area (Å²) in [5, 5.41) is 3.47. The second-order valence-electron chi connectivity index (χ2n) is 15.3. The molecule has 10 aromatic rings. The molecule has 1 aliphatic rings. The number of furan rings is 2. The minimum absolute atomic E-state index is 0.167. The zero-order valence-electron chi connectivity index (χ0n) is 31.2. The van der Waals surface area contributed by atoms with Gasteiger partial charge in [-0.2, -0.15) is 0 Å². The van der Waals surface area contributed by atoms with Gasteiger partial charge in [-0.3, -0.25) is 0 Å². The van der Waals surface area contributed by atoms with Crippen LogP contribution < -0.4 is 4.90 Å². The summed E-state index contributed by atoms with van der Waals surface area (Å²) < 4.78 is 12.5. The van der Waals surface area contributed by atoms with Gasteiger partial charge in [0.25, 0.3) is 0 Å². The molecule has 0 spiro atoms. The quantitative estimate of drug-likeness (QED) is 0.171. The maximum absolute atomic E-state index is 6.43. The number of fused-ring (bicyclic) bond motifs is 8. The number of para-hydroxylation sites is 2. The van der Waals surface area contributed by atoms with E-state index in [1.165, 1.54) is 44.3 Å². The summed E-state index contributed by atoms with van der Waals surface area (Å²) in [6.07, 6.45) is 0. The highest BCUT2D eigenvalue weighted by atomic mass is 16.3. The lowest BCUT2D eigenvalue weighted by Gasteiger charge is -2.26. The fraction of sp³-hybridized carbons (Fsp3) is 0.0566. The molecule has 0 N–H and O–H groups in total. The van der Waals surface area contributed by atoms with Gasteiger partial charge in [-0.05, 0) is 106 Å². The summed E-state index contributed by atoms with van der Waals surface area (Å²) in [4.78, 5) is 2.34. The Balaban J connectivity index is 0.954. The Bertz CT molecular complexity index is 3080. The van der Waals surface area contributed by atoms with Crippen molar-refractivity contribution in [3.63, 3.8) is 0 Å². The second kappa shape index (κ2) is 12.5. The maximum atomic E-state index is 6.43. The standard InChI is InChI=1S/C53H37NO2/c1-53(2)47-33-39(22-30-44(47)52-51(53)45-13-7-9-15-49(45)56-52)37-20-28-42(29-21-37)54(40-24-16-35(17-25-40)34-10-4-3-5-11-34)41-26-18-36(19-27-41)38-23-31-50-46(32-38)43-12-6-8-14-48(43)55-50/h3-33H,1-2H3. The first kappa shape index (κ1) is 32.3. The van der Waals surface area contributed by atoms with E-state index in [9.17, 15) is 0 Å². The predicted octanol–water partition coefficient (Wildman–Crippen LogP) is 15.1. The minimum atomic E-state index is -0.167. The highest BCUT2D eigenvalue weighted by Gasteiger charge is 2.40. The topological polar surface area (TPSA) is 29.5 Å². The molecule has 56 heavy (non-hydrogen) atoms. The molecule has 0 aliphatic heterocycles. The highest BCUT2D eigenvalue weighted by molar-refractivity contribution is 6.06. The van der Waals surface area contributed by atoms with Crippen molar-refractivity contribution in [3.8, 4) is 44.7 Å². The van der Waals surface area contributed by atoms with E-state index in [0.717, 1.165) is 61.5 Å². The fourth-order valence-corrected chi connectivity index (χ4v) is 8.82. The van der Waals surface area contributed by atoms with E-state index in [1.807, 2.05) is 18.2 Å². The zero-order chi connectivity index (χ0) is 37.4. The van der Waals surface area contributed by atoms with E-state index in [1.54, 1.807) is 0 Å². The van der Waals surface area contributed by atoms with Crippen LogP contribution in [0.15, 0.2) is 197 Å². The second-order valence-corrected chi connectivity index (χ2v) is 15.3. The highest BCUT2D eigenvalue weighted by Crippen LogP contribution is 2.53. The fourth-order valence-electron chi connectivity index (χ4n) is 8.82. The Hall–Kier alpha value is -7.10. The first-order valence-electron chi connectivity index (χ1n) is 19.2. The monoisotopic (exact) mass is 719 g/mol. The lowest BCUT2D eigenvalue weighted by molar-refractivity contribution is 0.619. The molecular weight excluding hydrogens is 683 g/mol. The van der Waals surface area contributed by atoms with Gasteiger partial charge in [0.1, 0.15) is 22.5 Å². The molecule has 3 heteroatoms. The Morgan fingerprint density at radius 2 is 0.839 bits per heavy atom. The van der Waals surface area contributed by atoms with E-state index < -0.39 is 0 Å². The lowest BCUT2D eigenvalue weighted by atomic mass is 9.80. The summed E-state index contributed by atoms with van der Waals surface area (Å²) in [6.45, 7) is 4.63. The maximum Gasteiger partial charge on any atom is 0.139 e. The largest absolute Gasteiger partial charge is 0.456 e. The Labute approximate surface area is 325 Å². The molecule has 11 rings (SSSR count). The van der Waals surface area contributed by atoms with Crippen LogP contribution in [0.2, 0.25) is 0 Å². The number of rotatable bonds is 6. The van der Waals surface area contributed by atoms with E-state index >= 15 is 0 Å². The van der Waals surface area contributed by atoms with Gasteiger partial charge in [-0.1, -0.05) is 135 Å². The van der Waals surface area contributed by atoms with Crippen LogP contribution in [0.1, 0.15) is 25.0 Å².